The number of phenols is 1. The molecule has 144 valence electrons. The summed E-state index contributed by atoms with van der Waals surface area (Å²) in [4.78, 5) is 12.5. The highest BCUT2D eigenvalue weighted by molar-refractivity contribution is 6.32. The fraction of sp³-hybridized carbons (Fsp3) is 0.200. The highest BCUT2D eigenvalue weighted by Gasteiger charge is 2.15. The van der Waals surface area contributed by atoms with Crippen molar-refractivity contribution in [2.24, 2.45) is 0 Å². The van der Waals surface area contributed by atoms with Crippen molar-refractivity contribution in [2.75, 3.05) is 25.1 Å². The van der Waals surface area contributed by atoms with Crippen molar-refractivity contribution < 1.29 is 24.1 Å². The van der Waals surface area contributed by atoms with E-state index in [-0.39, 0.29) is 22.1 Å². The van der Waals surface area contributed by atoms with Crippen LogP contribution in [0, 0.1) is 11.3 Å². The third-order valence-electron chi connectivity index (χ3n) is 3.83. The Hall–Kier alpha value is -3.37. The minimum Gasteiger partial charge on any atom is -0.503 e. The number of nitrogens with zero attached hydrogens (tertiary/aromatic N) is 1. The van der Waals surface area contributed by atoms with Crippen LogP contribution in [0.1, 0.15) is 12.5 Å². The number of aromatic hydroxyl groups is 1. The summed E-state index contributed by atoms with van der Waals surface area (Å²) < 4.78 is 16.2. The highest BCUT2D eigenvalue weighted by atomic mass is 35.5. The molecule has 1 amide bonds. The average molecular weight is 401 g/mol. The Balaban J connectivity index is 1.83. The van der Waals surface area contributed by atoms with Gasteiger partial charge in [-0.05, 0) is 42.8 Å². The molecule has 0 bridgehead atoms. The summed E-state index contributed by atoms with van der Waals surface area (Å²) in [7, 11) is 0. The molecule has 0 atom stereocenters. The minimum absolute atomic E-state index is 0.0572. The number of ether oxygens (including phenoxy) is 3. The van der Waals surface area contributed by atoms with Crippen molar-refractivity contribution in [3.8, 4) is 29.1 Å². The summed E-state index contributed by atoms with van der Waals surface area (Å²) in [6.45, 7) is 2.99. The highest BCUT2D eigenvalue weighted by Crippen LogP contribution is 2.36. The first-order chi connectivity index (χ1) is 13.5. The lowest BCUT2D eigenvalue weighted by Crippen LogP contribution is -2.17. The maximum Gasteiger partial charge on any atom is 0.266 e. The second-order valence-electron chi connectivity index (χ2n) is 5.76. The molecule has 8 heteroatoms. The second kappa shape index (κ2) is 8.55. The zero-order valence-electron chi connectivity index (χ0n) is 15.0. The van der Waals surface area contributed by atoms with Crippen LogP contribution in [0.3, 0.4) is 0 Å². The zero-order valence-corrected chi connectivity index (χ0v) is 15.7. The van der Waals surface area contributed by atoms with E-state index in [0.29, 0.717) is 42.6 Å². The van der Waals surface area contributed by atoms with Gasteiger partial charge in [0.1, 0.15) is 24.9 Å². The molecule has 0 saturated carbocycles. The summed E-state index contributed by atoms with van der Waals surface area (Å²) in [6, 6.07) is 9.78. The molecule has 28 heavy (non-hydrogen) atoms. The standard InChI is InChI=1S/C20H17ClN2O5/c1-2-26-18-9-12(8-15(21)19(18)24)7-13(11-22)20(25)23-14-3-4-16-17(10-14)28-6-5-27-16/h3-4,7-10,24H,2,5-6H2,1H3,(H,23,25)/b13-7+. The van der Waals surface area contributed by atoms with Gasteiger partial charge in [-0.2, -0.15) is 5.26 Å². The number of nitrogens with one attached hydrogen (secondary N) is 1. The van der Waals surface area contributed by atoms with Crippen LogP contribution < -0.4 is 19.5 Å². The number of hydrogen-bond acceptors (Lipinski definition) is 6. The van der Waals surface area contributed by atoms with Crippen LogP contribution in [0.5, 0.6) is 23.0 Å². The van der Waals surface area contributed by atoms with Gasteiger partial charge >= 0.3 is 0 Å². The number of amides is 1. The van der Waals surface area contributed by atoms with Gasteiger partial charge in [-0.3, -0.25) is 4.79 Å². The normalized spacial score (nSPS) is 12.8. The third-order valence-corrected chi connectivity index (χ3v) is 4.11. The van der Waals surface area contributed by atoms with E-state index in [1.807, 2.05) is 6.07 Å². The van der Waals surface area contributed by atoms with E-state index in [9.17, 15) is 15.2 Å². The number of rotatable bonds is 5. The number of halogens is 1. The molecule has 0 unspecified atom stereocenters. The van der Waals surface area contributed by atoms with E-state index in [2.05, 4.69) is 5.32 Å². The topological polar surface area (TPSA) is 101 Å². The number of hydrogen-bond donors (Lipinski definition) is 2. The molecule has 0 aromatic heterocycles. The van der Waals surface area contributed by atoms with Gasteiger partial charge in [0.15, 0.2) is 23.0 Å². The maximum absolute atomic E-state index is 12.5. The third kappa shape index (κ3) is 4.30. The maximum atomic E-state index is 12.5. The first-order valence-electron chi connectivity index (χ1n) is 8.50. The molecular formula is C20H17ClN2O5. The summed E-state index contributed by atoms with van der Waals surface area (Å²) in [5.41, 5.74) is 0.772. The first kappa shape index (κ1) is 19.4. The fourth-order valence-corrected chi connectivity index (χ4v) is 2.80. The van der Waals surface area contributed by atoms with Gasteiger partial charge in [-0.15, -0.1) is 0 Å². The smallest absolute Gasteiger partial charge is 0.266 e. The van der Waals surface area contributed by atoms with Gasteiger partial charge in [-0.1, -0.05) is 11.6 Å². The molecule has 0 fully saturated rings. The molecule has 0 spiro atoms. The van der Waals surface area contributed by atoms with E-state index in [1.165, 1.54) is 18.2 Å². The van der Waals surface area contributed by atoms with Crippen molar-refractivity contribution in [3.63, 3.8) is 0 Å². The number of nitriles is 1. The number of anilines is 1. The Labute approximate surface area is 166 Å². The minimum atomic E-state index is -0.596. The van der Waals surface area contributed by atoms with Crippen LogP contribution in [0.15, 0.2) is 35.9 Å². The molecule has 2 aromatic carbocycles. The van der Waals surface area contributed by atoms with Crippen LogP contribution in [-0.4, -0.2) is 30.8 Å². The van der Waals surface area contributed by atoms with E-state index in [4.69, 9.17) is 25.8 Å². The summed E-state index contributed by atoms with van der Waals surface area (Å²) in [6.07, 6.45) is 1.36. The number of carbonyl (C=O) groups is 1. The van der Waals surface area contributed by atoms with Gasteiger partial charge in [0.05, 0.1) is 11.6 Å². The fourth-order valence-electron chi connectivity index (χ4n) is 2.58. The lowest BCUT2D eigenvalue weighted by Gasteiger charge is -2.18. The van der Waals surface area contributed by atoms with Gasteiger partial charge in [0.2, 0.25) is 0 Å². The van der Waals surface area contributed by atoms with E-state index in [1.54, 1.807) is 25.1 Å². The Bertz CT molecular complexity index is 981. The van der Waals surface area contributed by atoms with Crippen molar-refractivity contribution in [3.05, 3.63) is 46.5 Å². The molecule has 0 aliphatic carbocycles. The van der Waals surface area contributed by atoms with Gasteiger partial charge in [-0.25, -0.2) is 0 Å². The quantitative estimate of drug-likeness (QED) is 0.585. The Morgan fingerprint density at radius 2 is 2.07 bits per heavy atom. The van der Waals surface area contributed by atoms with Gasteiger partial charge in [0, 0.05) is 11.8 Å². The zero-order chi connectivity index (χ0) is 20.1. The molecule has 3 rings (SSSR count). The molecule has 1 heterocycles. The molecule has 2 N–H and O–H groups in total. The molecule has 0 saturated heterocycles. The summed E-state index contributed by atoms with van der Waals surface area (Å²) >= 11 is 5.99. The van der Waals surface area contributed by atoms with Crippen molar-refractivity contribution in [1.82, 2.24) is 0 Å². The number of phenolic OH excluding ortho intramolecular Hbond substituents is 1. The number of fused-ring (bicyclic) bond motifs is 1. The summed E-state index contributed by atoms with van der Waals surface area (Å²) in [5.74, 6) is 0.507. The molecule has 0 radical (unpaired) electrons. The van der Waals surface area contributed by atoms with Crippen LogP contribution in [0.2, 0.25) is 5.02 Å². The lowest BCUT2D eigenvalue weighted by atomic mass is 10.1. The van der Waals surface area contributed by atoms with Crippen molar-refractivity contribution in [1.29, 1.82) is 5.26 Å². The Morgan fingerprint density at radius 1 is 1.32 bits per heavy atom. The molecule has 7 nitrogen and oxygen atoms in total. The predicted octanol–water partition coefficient (Wildman–Crippen LogP) is 3.76. The first-order valence-corrected chi connectivity index (χ1v) is 8.87. The van der Waals surface area contributed by atoms with Gasteiger partial charge < -0.3 is 24.6 Å². The monoisotopic (exact) mass is 400 g/mol. The second-order valence-corrected chi connectivity index (χ2v) is 6.17. The lowest BCUT2D eigenvalue weighted by molar-refractivity contribution is -0.112. The molecule has 1 aliphatic heterocycles. The van der Waals surface area contributed by atoms with Crippen LogP contribution in [0.4, 0.5) is 5.69 Å². The average Bonchev–Trinajstić information content (AvgIpc) is 2.69. The van der Waals surface area contributed by atoms with Crippen molar-refractivity contribution in [2.45, 2.75) is 6.92 Å². The molecular weight excluding hydrogens is 384 g/mol. The number of carbonyl (C=O) groups excluding carboxylic acids is 1. The summed E-state index contributed by atoms with van der Waals surface area (Å²) in [5, 5.41) is 22.0. The van der Waals surface area contributed by atoms with E-state index in [0.717, 1.165) is 0 Å². The largest absolute Gasteiger partial charge is 0.503 e. The SMILES string of the molecule is CCOc1cc(/C=C(\C#N)C(=O)Nc2ccc3c(c2)OCCO3)cc(Cl)c1O. The van der Waals surface area contributed by atoms with E-state index < -0.39 is 5.91 Å². The molecule has 1 aliphatic rings. The van der Waals surface area contributed by atoms with Crippen LogP contribution in [0.25, 0.3) is 6.08 Å². The van der Waals surface area contributed by atoms with Gasteiger partial charge in [0.25, 0.3) is 5.91 Å². The van der Waals surface area contributed by atoms with Crippen molar-refractivity contribution >= 4 is 29.3 Å². The van der Waals surface area contributed by atoms with Crippen LogP contribution >= 0.6 is 11.6 Å². The van der Waals surface area contributed by atoms with E-state index >= 15 is 0 Å². The van der Waals surface area contributed by atoms with Crippen LogP contribution in [-0.2, 0) is 4.79 Å². The Kier molecular flexibility index (Phi) is 5.92. The molecule has 2 aromatic rings. The predicted molar refractivity (Wildman–Crippen MR) is 104 cm³/mol. The Morgan fingerprint density at radius 3 is 2.79 bits per heavy atom. The number of benzene rings is 2.